The van der Waals surface area contributed by atoms with Crippen molar-refractivity contribution in [3.8, 4) is 0 Å². The Hall–Kier alpha value is -0.0800. The molecule has 0 rings (SSSR count). The fraction of sp³-hybridized carbons (Fsp3) is 1.00. The van der Waals surface area contributed by atoms with Crippen molar-refractivity contribution in [2.45, 2.75) is 52.5 Å². The molecule has 0 bridgehead atoms. The topological polar surface area (TPSA) is 21.3 Å². The molecule has 80 valence electrons. The molecule has 0 amide bonds. The molecule has 1 atom stereocenters. The lowest BCUT2D eigenvalue weighted by atomic mass is 10.2. The molecule has 0 aliphatic rings. The van der Waals surface area contributed by atoms with Gasteiger partial charge in [-0.1, -0.05) is 33.6 Å². The van der Waals surface area contributed by atoms with Crippen LogP contribution in [-0.4, -0.2) is 25.8 Å². The van der Waals surface area contributed by atoms with Gasteiger partial charge in [-0.25, -0.2) is 0 Å². The van der Waals surface area contributed by atoms with Crippen molar-refractivity contribution in [2.24, 2.45) is 0 Å². The van der Waals surface area contributed by atoms with E-state index in [9.17, 15) is 0 Å². The van der Waals surface area contributed by atoms with Gasteiger partial charge in [-0.2, -0.15) is 0 Å². The minimum absolute atomic E-state index is 0.548. The van der Waals surface area contributed by atoms with E-state index in [1.54, 1.807) is 0 Å². The second-order valence-corrected chi connectivity index (χ2v) is 3.44. The lowest BCUT2D eigenvalue weighted by Crippen LogP contribution is -2.32. The van der Waals surface area contributed by atoms with Gasteiger partial charge in [0.2, 0.25) is 0 Å². The molecular formula is C11H25NO. The maximum absolute atomic E-state index is 5.58. The molecule has 0 aliphatic carbocycles. The van der Waals surface area contributed by atoms with Gasteiger partial charge in [0.05, 0.1) is 6.61 Å². The predicted molar refractivity (Wildman–Crippen MR) is 58.1 cm³/mol. The summed E-state index contributed by atoms with van der Waals surface area (Å²) in [5.41, 5.74) is 0. The molecule has 0 heterocycles. The highest BCUT2D eigenvalue weighted by Crippen LogP contribution is 1.96. The van der Waals surface area contributed by atoms with Crippen molar-refractivity contribution in [1.29, 1.82) is 0 Å². The molecule has 1 N–H and O–H groups in total. The third-order valence-electron chi connectivity index (χ3n) is 2.20. The maximum atomic E-state index is 5.58. The molecule has 0 radical (unpaired) electrons. The van der Waals surface area contributed by atoms with Gasteiger partial charge < -0.3 is 10.1 Å². The Morgan fingerprint density at radius 1 is 1.15 bits per heavy atom. The molecule has 0 saturated heterocycles. The highest BCUT2D eigenvalue weighted by molar-refractivity contribution is 4.61. The number of nitrogens with one attached hydrogen (secondary N) is 1. The molecular weight excluding hydrogens is 162 g/mol. The van der Waals surface area contributed by atoms with Crippen LogP contribution in [0.25, 0.3) is 0 Å². The Balaban J connectivity index is 3.17. The fourth-order valence-corrected chi connectivity index (χ4v) is 1.29. The normalized spacial score (nSPS) is 13.2. The Morgan fingerprint density at radius 3 is 2.46 bits per heavy atom. The van der Waals surface area contributed by atoms with Crippen LogP contribution in [0.3, 0.4) is 0 Å². The Labute approximate surface area is 83.1 Å². The van der Waals surface area contributed by atoms with E-state index in [1.807, 2.05) is 0 Å². The van der Waals surface area contributed by atoms with E-state index in [2.05, 4.69) is 26.1 Å². The number of hydrogen-bond acceptors (Lipinski definition) is 2. The first-order valence-electron chi connectivity index (χ1n) is 5.66. The third kappa shape index (κ3) is 8.26. The van der Waals surface area contributed by atoms with Crippen LogP contribution in [0.1, 0.15) is 46.5 Å². The van der Waals surface area contributed by atoms with Crippen LogP contribution in [0.15, 0.2) is 0 Å². The van der Waals surface area contributed by atoms with Crippen LogP contribution in [0.2, 0.25) is 0 Å². The highest BCUT2D eigenvalue weighted by atomic mass is 16.5. The van der Waals surface area contributed by atoms with Crippen molar-refractivity contribution >= 4 is 0 Å². The molecule has 2 heteroatoms. The quantitative estimate of drug-likeness (QED) is 0.560. The smallest absolute Gasteiger partial charge is 0.0619 e. The summed E-state index contributed by atoms with van der Waals surface area (Å²) in [7, 11) is 0. The zero-order valence-electron chi connectivity index (χ0n) is 9.44. The van der Waals surface area contributed by atoms with E-state index in [4.69, 9.17) is 4.74 Å². The lowest BCUT2D eigenvalue weighted by Gasteiger charge is -2.15. The van der Waals surface area contributed by atoms with Crippen molar-refractivity contribution < 1.29 is 4.74 Å². The molecule has 2 nitrogen and oxygen atoms in total. The van der Waals surface area contributed by atoms with Crippen LogP contribution >= 0.6 is 0 Å². The Bertz CT molecular complexity index is 96.1. The van der Waals surface area contributed by atoms with Crippen molar-refractivity contribution in [2.75, 3.05) is 19.8 Å². The summed E-state index contributed by atoms with van der Waals surface area (Å²) in [5, 5.41) is 3.40. The average Bonchev–Trinajstić information content (AvgIpc) is 2.16. The summed E-state index contributed by atoms with van der Waals surface area (Å²) in [6.07, 6.45) is 4.92. The average molecular weight is 187 g/mol. The number of unbranched alkanes of at least 4 members (excludes halogenated alkanes) is 2. The Morgan fingerprint density at radius 2 is 1.92 bits per heavy atom. The molecule has 0 saturated carbocycles. The molecule has 13 heavy (non-hydrogen) atoms. The van der Waals surface area contributed by atoms with Crippen LogP contribution < -0.4 is 5.32 Å². The largest absolute Gasteiger partial charge is 0.380 e. The standard InChI is InChI=1S/C11H25NO/c1-4-7-8-9-13-10-11(5-2)12-6-3/h11-12H,4-10H2,1-3H3. The monoisotopic (exact) mass is 187 g/mol. The minimum Gasteiger partial charge on any atom is -0.380 e. The van der Waals surface area contributed by atoms with E-state index >= 15 is 0 Å². The van der Waals surface area contributed by atoms with Crippen molar-refractivity contribution in [3.05, 3.63) is 0 Å². The van der Waals surface area contributed by atoms with E-state index in [0.717, 1.165) is 26.2 Å². The zero-order valence-corrected chi connectivity index (χ0v) is 9.44. The zero-order chi connectivity index (χ0) is 9.94. The van der Waals surface area contributed by atoms with Gasteiger partial charge in [0.25, 0.3) is 0 Å². The fourth-order valence-electron chi connectivity index (χ4n) is 1.29. The number of hydrogen-bond donors (Lipinski definition) is 1. The van der Waals surface area contributed by atoms with Crippen LogP contribution in [0.4, 0.5) is 0 Å². The molecule has 0 aromatic rings. The van der Waals surface area contributed by atoms with E-state index in [-0.39, 0.29) is 0 Å². The first kappa shape index (κ1) is 12.9. The van der Waals surface area contributed by atoms with Crippen LogP contribution in [0, 0.1) is 0 Å². The summed E-state index contributed by atoms with van der Waals surface area (Å²) >= 11 is 0. The molecule has 0 aromatic heterocycles. The summed E-state index contributed by atoms with van der Waals surface area (Å²) in [4.78, 5) is 0. The molecule has 0 spiro atoms. The van der Waals surface area contributed by atoms with Crippen LogP contribution in [-0.2, 0) is 4.74 Å². The number of likely N-dealkylation sites (N-methyl/N-ethyl adjacent to an activating group) is 1. The van der Waals surface area contributed by atoms with Gasteiger partial charge in [0, 0.05) is 12.6 Å². The third-order valence-corrected chi connectivity index (χ3v) is 2.20. The summed E-state index contributed by atoms with van der Waals surface area (Å²) in [6.45, 7) is 9.39. The molecule has 0 fully saturated rings. The molecule has 0 aliphatic heterocycles. The van der Waals surface area contributed by atoms with Gasteiger partial charge >= 0.3 is 0 Å². The van der Waals surface area contributed by atoms with Crippen molar-refractivity contribution in [3.63, 3.8) is 0 Å². The molecule has 0 aromatic carbocycles. The second kappa shape index (κ2) is 10.0. The number of rotatable bonds is 9. The summed E-state index contributed by atoms with van der Waals surface area (Å²) < 4.78 is 5.58. The highest BCUT2D eigenvalue weighted by Gasteiger charge is 2.02. The number of ether oxygens (including phenoxy) is 1. The predicted octanol–water partition coefficient (Wildman–Crippen LogP) is 2.58. The second-order valence-electron chi connectivity index (χ2n) is 3.44. The summed E-state index contributed by atoms with van der Waals surface area (Å²) in [5.74, 6) is 0. The minimum atomic E-state index is 0.548. The molecule has 1 unspecified atom stereocenters. The maximum Gasteiger partial charge on any atom is 0.0619 e. The van der Waals surface area contributed by atoms with E-state index in [1.165, 1.54) is 19.3 Å². The van der Waals surface area contributed by atoms with Gasteiger partial charge in [-0.3, -0.25) is 0 Å². The Kier molecular flexibility index (Phi) is 9.94. The van der Waals surface area contributed by atoms with Gasteiger partial charge in [0.1, 0.15) is 0 Å². The van der Waals surface area contributed by atoms with Gasteiger partial charge in [-0.15, -0.1) is 0 Å². The van der Waals surface area contributed by atoms with E-state index < -0.39 is 0 Å². The summed E-state index contributed by atoms with van der Waals surface area (Å²) in [6, 6.07) is 0.548. The lowest BCUT2D eigenvalue weighted by molar-refractivity contribution is 0.107. The van der Waals surface area contributed by atoms with Crippen molar-refractivity contribution in [1.82, 2.24) is 5.32 Å². The first-order chi connectivity index (χ1) is 6.35. The van der Waals surface area contributed by atoms with Gasteiger partial charge in [-0.05, 0) is 19.4 Å². The van der Waals surface area contributed by atoms with E-state index in [0.29, 0.717) is 6.04 Å². The van der Waals surface area contributed by atoms with Gasteiger partial charge in [0.15, 0.2) is 0 Å². The van der Waals surface area contributed by atoms with Crippen LogP contribution in [0.5, 0.6) is 0 Å². The first-order valence-corrected chi connectivity index (χ1v) is 5.66. The SMILES string of the molecule is CCCCCOCC(CC)NCC.